The van der Waals surface area contributed by atoms with E-state index in [4.69, 9.17) is 16.3 Å². The highest BCUT2D eigenvalue weighted by molar-refractivity contribution is 6.30. The van der Waals surface area contributed by atoms with Gasteiger partial charge in [-0.2, -0.15) is 0 Å². The molecule has 1 aliphatic rings. The van der Waals surface area contributed by atoms with Crippen molar-refractivity contribution in [3.63, 3.8) is 0 Å². The molecular weight excluding hydrogens is 347 g/mol. The lowest BCUT2D eigenvalue weighted by Gasteiger charge is -2.23. The van der Waals surface area contributed by atoms with Gasteiger partial charge in [-0.05, 0) is 48.9 Å². The van der Waals surface area contributed by atoms with Gasteiger partial charge in [0.05, 0.1) is 10.7 Å². The summed E-state index contributed by atoms with van der Waals surface area (Å²) in [6.45, 7) is 1.65. The summed E-state index contributed by atoms with van der Waals surface area (Å²) in [6, 6.07) is 9.12. The third kappa shape index (κ3) is 3.97. The largest absolute Gasteiger partial charge is 0.479 e. The van der Waals surface area contributed by atoms with Gasteiger partial charge in [-0.25, -0.2) is 4.39 Å². The van der Waals surface area contributed by atoms with Crippen molar-refractivity contribution < 1.29 is 18.7 Å². The molecule has 0 aromatic heterocycles. The molecule has 2 aromatic rings. The molecule has 25 heavy (non-hydrogen) atoms. The monoisotopic (exact) mass is 360 g/mol. The number of amides is 2. The van der Waals surface area contributed by atoms with Gasteiger partial charge in [-0.15, -0.1) is 0 Å². The predicted octanol–water partition coefficient (Wildman–Crippen LogP) is 3.85. The van der Waals surface area contributed by atoms with Gasteiger partial charge in [0.25, 0.3) is 5.91 Å². The molecule has 5 nitrogen and oxygen atoms in total. The van der Waals surface area contributed by atoms with Gasteiger partial charge in [0.2, 0.25) is 5.91 Å². The molecule has 2 aromatic carbocycles. The molecule has 0 fully saturated rings. The van der Waals surface area contributed by atoms with E-state index in [2.05, 4.69) is 10.6 Å². The van der Waals surface area contributed by atoms with Gasteiger partial charge in [-0.3, -0.25) is 9.59 Å². The van der Waals surface area contributed by atoms with E-state index in [1.54, 1.807) is 25.1 Å². The highest BCUT2D eigenvalue weighted by Gasteiger charge is 2.23. The molecule has 2 N–H and O–H groups in total. The van der Waals surface area contributed by atoms with Gasteiger partial charge in [0.1, 0.15) is 11.6 Å². The molecule has 1 atom stereocenters. The van der Waals surface area contributed by atoms with E-state index < -0.39 is 11.9 Å². The number of nitrogens with one attached hydrogen (secondary N) is 2. The van der Waals surface area contributed by atoms with Crippen LogP contribution < -0.4 is 15.4 Å². The van der Waals surface area contributed by atoms with E-state index in [9.17, 15) is 14.0 Å². The van der Waals surface area contributed by atoms with Crippen LogP contribution in [0, 0.1) is 5.82 Å². The standard InChI is InChI=1S/C18H14ClFN2O3/c1-10-18(24)22-15-9-12(4-6-16(15)25-10)21-17(23)7-3-11-2-5-14(20)13(19)8-11/h2-10H,1H3,(H,21,23)(H,22,24)/b7-3+/t10-/m1/s1. The van der Waals surface area contributed by atoms with E-state index in [0.29, 0.717) is 22.7 Å². The molecule has 0 saturated carbocycles. The summed E-state index contributed by atoms with van der Waals surface area (Å²) in [5, 5.41) is 5.37. The van der Waals surface area contributed by atoms with Crippen LogP contribution in [0.5, 0.6) is 5.75 Å². The minimum atomic E-state index is -0.557. The predicted molar refractivity (Wildman–Crippen MR) is 94.2 cm³/mol. The van der Waals surface area contributed by atoms with Crippen molar-refractivity contribution in [1.29, 1.82) is 0 Å². The summed E-state index contributed by atoms with van der Waals surface area (Å²) in [6.07, 6.45) is 2.27. The van der Waals surface area contributed by atoms with Crippen LogP contribution >= 0.6 is 11.6 Å². The number of benzene rings is 2. The maximum Gasteiger partial charge on any atom is 0.265 e. The summed E-state index contributed by atoms with van der Waals surface area (Å²) in [4.78, 5) is 23.6. The Morgan fingerprint density at radius 3 is 2.88 bits per heavy atom. The van der Waals surface area contributed by atoms with Gasteiger partial charge < -0.3 is 15.4 Å². The summed E-state index contributed by atoms with van der Waals surface area (Å²) < 4.78 is 18.5. The molecule has 0 unspecified atom stereocenters. The normalized spacial score (nSPS) is 16.1. The lowest BCUT2D eigenvalue weighted by molar-refractivity contribution is -0.122. The second-order valence-electron chi connectivity index (χ2n) is 5.46. The second-order valence-corrected chi connectivity index (χ2v) is 5.86. The minimum Gasteiger partial charge on any atom is -0.479 e. The summed E-state index contributed by atoms with van der Waals surface area (Å²) >= 11 is 5.69. The lowest BCUT2D eigenvalue weighted by atomic mass is 10.2. The van der Waals surface area contributed by atoms with Crippen molar-refractivity contribution in [2.45, 2.75) is 13.0 Å². The minimum absolute atomic E-state index is 0.0118. The Kier molecular flexibility index (Phi) is 4.72. The molecule has 0 aliphatic carbocycles. The molecule has 2 amide bonds. The molecule has 1 aliphatic heterocycles. The highest BCUT2D eigenvalue weighted by atomic mass is 35.5. The van der Waals surface area contributed by atoms with Crippen molar-refractivity contribution in [3.8, 4) is 5.75 Å². The zero-order chi connectivity index (χ0) is 18.0. The molecule has 3 rings (SSSR count). The van der Waals surface area contributed by atoms with Crippen LogP contribution in [0.4, 0.5) is 15.8 Å². The molecule has 0 saturated heterocycles. The SMILES string of the molecule is C[C@H]1Oc2ccc(NC(=O)/C=C/c3ccc(F)c(Cl)c3)cc2NC1=O. The Balaban J connectivity index is 1.69. The highest BCUT2D eigenvalue weighted by Crippen LogP contribution is 2.32. The third-order valence-corrected chi connectivity index (χ3v) is 3.84. The number of hydrogen-bond acceptors (Lipinski definition) is 3. The fourth-order valence-corrected chi connectivity index (χ4v) is 2.45. The summed E-state index contributed by atoms with van der Waals surface area (Å²) in [5.41, 5.74) is 1.60. The Hall–Kier alpha value is -2.86. The zero-order valence-corrected chi connectivity index (χ0v) is 13.9. The van der Waals surface area contributed by atoms with Gasteiger partial charge in [0.15, 0.2) is 6.10 Å². The van der Waals surface area contributed by atoms with Crippen LogP contribution in [-0.4, -0.2) is 17.9 Å². The van der Waals surface area contributed by atoms with E-state index in [-0.39, 0.29) is 16.8 Å². The van der Waals surface area contributed by atoms with Crippen molar-refractivity contribution in [3.05, 3.63) is 58.9 Å². The summed E-state index contributed by atoms with van der Waals surface area (Å²) in [5.74, 6) is -0.599. The van der Waals surface area contributed by atoms with Crippen molar-refractivity contribution in [2.24, 2.45) is 0 Å². The van der Waals surface area contributed by atoms with Gasteiger partial charge >= 0.3 is 0 Å². The number of carbonyl (C=O) groups excluding carboxylic acids is 2. The van der Waals surface area contributed by atoms with E-state index in [1.165, 1.54) is 30.4 Å². The Morgan fingerprint density at radius 2 is 2.12 bits per heavy atom. The molecule has 0 bridgehead atoms. The number of rotatable bonds is 3. The first-order valence-electron chi connectivity index (χ1n) is 7.48. The lowest BCUT2D eigenvalue weighted by Crippen LogP contribution is -2.34. The zero-order valence-electron chi connectivity index (χ0n) is 13.2. The summed E-state index contributed by atoms with van der Waals surface area (Å²) in [7, 11) is 0. The Labute approximate surface area is 148 Å². The number of anilines is 2. The smallest absolute Gasteiger partial charge is 0.265 e. The number of carbonyl (C=O) groups is 2. The second kappa shape index (κ2) is 6.94. The van der Waals surface area contributed by atoms with Crippen LogP contribution in [0.1, 0.15) is 12.5 Å². The number of halogens is 2. The van der Waals surface area contributed by atoms with Crippen LogP contribution in [0.25, 0.3) is 6.08 Å². The molecule has 0 radical (unpaired) electrons. The first-order chi connectivity index (χ1) is 11.9. The number of hydrogen-bond donors (Lipinski definition) is 2. The van der Waals surface area contributed by atoms with Crippen molar-refractivity contribution in [1.82, 2.24) is 0 Å². The van der Waals surface area contributed by atoms with Crippen molar-refractivity contribution >= 4 is 40.9 Å². The van der Waals surface area contributed by atoms with Gasteiger partial charge in [0, 0.05) is 11.8 Å². The molecule has 0 spiro atoms. The number of fused-ring (bicyclic) bond motifs is 1. The fraction of sp³-hybridized carbons (Fsp3) is 0.111. The maximum atomic E-state index is 13.1. The van der Waals surface area contributed by atoms with Crippen LogP contribution in [-0.2, 0) is 9.59 Å². The van der Waals surface area contributed by atoms with E-state index in [0.717, 1.165) is 0 Å². The average molecular weight is 361 g/mol. The topological polar surface area (TPSA) is 67.4 Å². The van der Waals surface area contributed by atoms with Gasteiger partial charge in [-0.1, -0.05) is 17.7 Å². The van der Waals surface area contributed by atoms with Crippen LogP contribution in [0.15, 0.2) is 42.5 Å². The first kappa shape index (κ1) is 17.0. The quantitative estimate of drug-likeness (QED) is 0.817. The van der Waals surface area contributed by atoms with Crippen molar-refractivity contribution in [2.75, 3.05) is 10.6 Å². The molecule has 1 heterocycles. The Morgan fingerprint density at radius 1 is 1.32 bits per heavy atom. The Bertz CT molecular complexity index is 883. The number of ether oxygens (including phenoxy) is 1. The molecular formula is C18H14ClFN2O3. The van der Waals surface area contributed by atoms with Crippen LogP contribution in [0.2, 0.25) is 5.02 Å². The average Bonchev–Trinajstić information content (AvgIpc) is 2.57. The fourth-order valence-electron chi connectivity index (χ4n) is 2.26. The van der Waals surface area contributed by atoms with E-state index >= 15 is 0 Å². The maximum absolute atomic E-state index is 13.1. The molecule has 128 valence electrons. The molecule has 7 heteroatoms. The third-order valence-electron chi connectivity index (χ3n) is 3.55. The first-order valence-corrected chi connectivity index (χ1v) is 7.86. The van der Waals surface area contributed by atoms with E-state index in [1.807, 2.05) is 0 Å². The van der Waals surface area contributed by atoms with Crippen LogP contribution in [0.3, 0.4) is 0 Å².